The minimum atomic E-state index is -3.46. The highest BCUT2D eigenvalue weighted by Crippen LogP contribution is 2.22. The fraction of sp³-hybridized carbons (Fsp3) is 0.583. The van der Waals surface area contributed by atoms with Crippen LogP contribution < -0.4 is 5.73 Å². The average molecular weight is 306 g/mol. The lowest BCUT2D eigenvalue weighted by atomic mass is 10.0. The number of hydrogen-bond donors (Lipinski definition) is 1. The van der Waals surface area contributed by atoms with E-state index in [2.05, 4.69) is 4.98 Å². The minimum Gasteiger partial charge on any atom is -0.330 e. The minimum absolute atomic E-state index is 0. The van der Waals surface area contributed by atoms with E-state index in [0.29, 0.717) is 19.6 Å². The molecule has 108 valence electrons. The summed E-state index contributed by atoms with van der Waals surface area (Å²) in [4.78, 5) is 4.02. The highest BCUT2D eigenvalue weighted by Gasteiger charge is 2.30. The topological polar surface area (TPSA) is 76.3 Å². The van der Waals surface area contributed by atoms with E-state index in [-0.39, 0.29) is 23.4 Å². The molecular weight excluding hydrogens is 286 g/mol. The second kappa shape index (κ2) is 6.65. The van der Waals surface area contributed by atoms with Gasteiger partial charge in [-0.1, -0.05) is 6.07 Å². The number of piperidine rings is 1. The van der Waals surface area contributed by atoms with Crippen molar-refractivity contribution >= 4 is 22.4 Å². The Morgan fingerprint density at radius 2 is 2.21 bits per heavy atom. The van der Waals surface area contributed by atoms with Gasteiger partial charge in [0.2, 0.25) is 0 Å². The molecule has 2 rings (SSSR count). The lowest BCUT2D eigenvalue weighted by Crippen LogP contribution is -2.42. The van der Waals surface area contributed by atoms with Crippen molar-refractivity contribution in [1.29, 1.82) is 0 Å². The van der Waals surface area contributed by atoms with Gasteiger partial charge >= 0.3 is 0 Å². The Bertz CT molecular complexity index is 504. The lowest BCUT2D eigenvalue weighted by Gasteiger charge is -2.30. The van der Waals surface area contributed by atoms with Gasteiger partial charge in [0.1, 0.15) is 0 Å². The van der Waals surface area contributed by atoms with Crippen LogP contribution in [0.25, 0.3) is 0 Å². The maximum atomic E-state index is 12.4. The molecule has 1 atom stereocenters. The van der Waals surface area contributed by atoms with E-state index < -0.39 is 10.0 Å². The van der Waals surface area contributed by atoms with Crippen molar-refractivity contribution in [1.82, 2.24) is 9.29 Å². The van der Waals surface area contributed by atoms with E-state index in [1.807, 2.05) is 6.92 Å². The number of halogens is 1. The Balaban J connectivity index is 0.00000180. The molecule has 0 saturated carbocycles. The zero-order valence-corrected chi connectivity index (χ0v) is 12.6. The normalized spacial score (nSPS) is 20.8. The number of pyridine rings is 1. The molecule has 0 radical (unpaired) electrons. The average Bonchev–Trinajstić information content (AvgIpc) is 2.39. The lowest BCUT2D eigenvalue weighted by molar-refractivity contribution is 0.271. The van der Waals surface area contributed by atoms with Gasteiger partial charge in [-0.2, -0.15) is 4.31 Å². The first kappa shape index (κ1) is 16.4. The van der Waals surface area contributed by atoms with Gasteiger partial charge in [-0.25, -0.2) is 13.4 Å². The molecule has 0 bridgehead atoms. The number of nitrogens with zero attached hydrogens (tertiary/aromatic N) is 2. The molecule has 1 unspecified atom stereocenters. The number of nitrogens with two attached hydrogens (primary N) is 1. The van der Waals surface area contributed by atoms with Crippen molar-refractivity contribution in [3.05, 3.63) is 23.9 Å². The predicted octanol–water partition coefficient (Wildman–Crippen LogP) is 1.17. The number of hydrogen-bond acceptors (Lipinski definition) is 4. The molecule has 0 aliphatic carbocycles. The molecular formula is C12H20ClN3O2S. The first-order valence-electron chi connectivity index (χ1n) is 6.17. The van der Waals surface area contributed by atoms with Crippen LogP contribution in [0.2, 0.25) is 0 Å². The summed E-state index contributed by atoms with van der Waals surface area (Å²) >= 11 is 0. The molecule has 1 aromatic heterocycles. The van der Waals surface area contributed by atoms with Gasteiger partial charge in [0.15, 0.2) is 5.03 Å². The van der Waals surface area contributed by atoms with Crippen molar-refractivity contribution in [3.8, 4) is 0 Å². The molecule has 19 heavy (non-hydrogen) atoms. The van der Waals surface area contributed by atoms with Crippen molar-refractivity contribution in [3.63, 3.8) is 0 Å². The van der Waals surface area contributed by atoms with Crippen LogP contribution >= 0.6 is 12.4 Å². The quantitative estimate of drug-likeness (QED) is 0.909. The molecule has 2 heterocycles. The molecule has 1 aliphatic heterocycles. The Morgan fingerprint density at radius 3 is 2.79 bits per heavy atom. The van der Waals surface area contributed by atoms with Crippen molar-refractivity contribution in [2.75, 3.05) is 19.6 Å². The van der Waals surface area contributed by atoms with Gasteiger partial charge in [0, 0.05) is 19.3 Å². The van der Waals surface area contributed by atoms with Crippen LogP contribution in [-0.2, 0) is 10.0 Å². The summed E-state index contributed by atoms with van der Waals surface area (Å²) in [6, 6.07) is 3.33. The second-order valence-electron chi connectivity index (χ2n) is 4.78. The second-order valence-corrected chi connectivity index (χ2v) is 6.67. The summed E-state index contributed by atoms with van der Waals surface area (Å²) in [5.74, 6) is 0.263. The molecule has 1 aromatic rings. The van der Waals surface area contributed by atoms with Crippen LogP contribution in [-0.4, -0.2) is 37.3 Å². The number of rotatable bonds is 3. The van der Waals surface area contributed by atoms with E-state index in [1.54, 1.807) is 18.3 Å². The van der Waals surface area contributed by atoms with E-state index in [1.165, 1.54) is 4.31 Å². The summed E-state index contributed by atoms with van der Waals surface area (Å²) in [5.41, 5.74) is 6.58. The summed E-state index contributed by atoms with van der Waals surface area (Å²) in [6.45, 7) is 3.49. The summed E-state index contributed by atoms with van der Waals surface area (Å²) in [5, 5.41) is 0.130. The van der Waals surface area contributed by atoms with Crippen LogP contribution in [0.4, 0.5) is 0 Å². The van der Waals surface area contributed by atoms with E-state index in [4.69, 9.17) is 5.73 Å². The fourth-order valence-corrected chi connectivity index (χ4v) is 3.64. The molecule has 0 spiro atoms. The Hall–Kier alpha value is -0.690. The van der Waals surface area contributed by atoms with Crippen molar-refractivity contribution in [2.24, 2.45) is 11.7 Å². The highest BCUT2D eigenvalue weighted by molar-refractivity contribution is 7.89. The predicted molar refractivity (Wildman–Crippen MR) is 76.8 cm³/mol. The van der Waals surface area contributed by atoms with Crippen LogP contribution in [0.5, 0.6) is 0 Å². The SMILES string of the molecule is Cc1ccc(S(=O)(=O)N2CCCC(CN)C2)nc1.Cl. The van der Waals surface area contributed by atoms with Crippen molar-refractivity contribution < 1.29 is 8.42 Å². The Labute approximate surface area is 120 Å². The van der Waals surface area contributed by atoms with Crippen LogP contribution in [0.1, 0.15) is 18.4 Å². The van der Waals surface area contributed by atoms with Crippen LogP contribution in [0, 0.1) is 12.8 Å². The third-order valence-electron chi connectivity index (χ3n) is 3.30. The zero-order chi connectivity index (χ0) is 13.2. The van der Waals surface area contributed by atoms with E-state index in [9.17, 15) is 8.42 Å². The molecule has 7 heteroatoms. The molecule has 1 fully saturated rings. The number of aromatic nitrogens is 1. The molecule has 5 nitrogen and oxygen atoms in total. The van der Waals surface area contributed by atoms with Crippen molar-refractivity contribution in [2.45, 2.75) is 24.8 Å². The Kier molecular flexibility index (Phi) is 5.73. The van der Waals surface area contributed by atoms with Gasteiger partial charge in [0.05, 0.1) is 0 Å². The van der Waals surface area contributed by atoms with E-state index in [0.717, 1.165) is 18.4 Å². The van der Waals surface area contributed by atoms with Gasteiger partial charge in [-0.3, -0.25) is 0 Å². The number of sulfonamides is 1. The molecule has 0 amide bonds. The highest BCUT2D eigenvalue weighted by atomic mass is 35.5. The first-order chi connectivity index (χ1) is 8.54. The monoisotopic (exact) mass is 305 g/mol. The molecule has 1 saturated heterocycles. The molecule has 2 N–H and O–H groups in total. The smallest absolute Gasteiger partial charge is 0.260 e. The fourth-order valence-electron chi connectivity index (χ4n) is 2.18. The maximum absolute atomic E-state index is 12.4. The largest absolute Gasteiger partial charge is 0.330 e. The maximum Gasteiger partial charge on any atom is 0.260 e. The van der Waals surface area contributed by atoms with Crippen LogP contribution in [0.15, 0.2) is 23.4 Å². The standard InChI is InChI=1S/C12H19N3O2S.ClH/c1-10-4-5-12(14-8-10)18(16,17)15-6-2-3-11(7-13)9-15;/h4-5,8,11H,2-3,6-7,9,13H2,1H3;1H. The van der Waals surface area contributed by atoms with E-state index >= 15 is 0 Å². The van der Waals surface area contributed by atoms with Gasteiger partial charge in [-0.15, -0.1) is 12.4 Å². The van der Waals surface area contributed by atoms with Gasteiger partial charge < -0.3 is 5.73 Å². The third-order valence-corrected chi connectivity index (χ3v) is 5.09. The third kappa shape index (κ3) is 3.66. The summed E-state index contributed by atoms with van der Waals surface area (Å²) in [7, 11) is -3.46. The molecule has 0 aromatic carbocycles. The Morgan fingerprint density at radius 1 is 1.47 bits per heavy atom. The number of aryl methyl sites for hydroxylation is 1. The summed E-state index contributed by atoms with van der Waals surface area (Å²) in [6.07, 6.45) is 3.45. The zero-order valence-electron chi connectivity index (χ0n) is 10.9. The first-order valence-corrected chi connectivity index (χ1v) is 7.61. The summed E-state index contributed by atoms with van der Waals surface area (Å²) < 4.78 is 26.3. The van der Waals surface area contributed by atoms with Gasteiger partial charge in [-0.05, 0) is 43.9 Å². The van der Waals surface area contributed by atoms with Crippen LogP contribution in [0.3, 0.4) is 0 Å². The molecule has 1 aliphatic rings. The van der Waals surface area contributed by atoms with Gasteiger partial charge in [0.25, 0.3) is 10.0 Å².